The van der Waals surface area contributed by atoms with Crippen LogP contribution in [0.1, 0.15) is 39.1 Å². The van der Waals surface area contributed by atoms with Crippen LogP contribution >= 0.6 is 11.6 Å². The van der Waals surface area contributed by atoms with E-state index >= 15 is 0 Å². The Kier molecular flexibility index (Phi) is 5.48. The molecular formula is C16H23ClN2O2. The minimum absolute atomic E-state index is 0.112. The third-order valence-corrected chi connectivity index (χ3v) is 3.67. The van der Waals surface area contributed by atoms with Gasteiger partial charge in [-0.05, 0) is 32.4 Å². The smallest absolute Gasteiger partial charge is 0.147 e. The van der Waals surface area contributed by atoms with Crippen LogP contribution in [0.25, 0.3) is 11.0 Å². The van der Waals surface area contributed by atoms with Gasteiger partial charge < -0.3 is 14.0 Å². The molecule has 116 valence electrons. The van der Waals surface area contributed by atoms with Gasteiger partial charge in [0.15, 0.2) is 0 Å². The van der Waals surface area contributed by atoms with Crippen molar-refractivity contribution in [2.45, 2.75) is 45.2 Å². The molecule has 0 aliphatic heterocycles. The zero-order valence-electron chi connectivity index (χ0n) is 13.1. The molecule has 0 aliphatic carbocycles. The maximum Gasteiger partial charge on any atom is 0.147 e. The number of fused-ring (bicyclic) bond motifs is 1. The number of ether oxygens (including phenoxy) is 2. The molecule has 0 amide bonds. The van der Waals surface area contributed by atoms with E-state index in [1.165, 1.54) is 0 Å². The first-order valence-corrected chi connectivity index (χ1v) is 7.87. The number of benzene rings is 1. The van der Waals surface area contributed by atoms with E-state index in [2.05, 4.69) is 22.5 Å². The van der Waals surface area contributed by atoms with Gasteiger partial charge in [0.05, 0.1) is 30.1 Å². The van der Waals surface area contributed by atoms with E-state index < -0.39 is 0 Å². The van der Waals surface area contributed by atoms with Crippen molar-refractivity contribution in [3.8, 4) is 5.75 Å². The first-order chi connectivity index (χ1) is 10.1. The average molecular weight is 311 g/mol. The third-order valence-electron chi connectivity index (χ3n) is 3.43. The predicted octanol–water partition coefficient (Wildman–Crippen LogP) is 4.16. The van der Waals surface area contributed by atoms with E-state index in [4.69, 9.17) is 21.1 Å². The van der Waals surface area contributed by atoms with Gasteiger partial charge in [-0.3, -0.25) is 0 Å². The molecule has 1 aromatic carbocycles. The number of hydrogen-bond donors (Lipinski definition) is 0. The van der Waals surface area contributed by atoms with E-state index in [1.54, 1.807) is 7.11 Å². The second-order valence-electron chi connectivity index (χ2n) is 5.34. The highest BCUT2D eigenvalue weighted by molar-refractivity contribution is 6.16. The quantitative estimate of drug-likeness (QED) is 0.720. The van der Waals surface area contributed by atoms with Gasteiger partial charge in [0.2, 0.25) is 0 Å². The highest BCUT2D eigenvalue weighted by Crippen LogP contribution is 2.30. The SMILES string of the molecule is CCC(COC)n1c(CCl)nc2c(OC(C)C)cccc21. The largest absolute Gasteiger partial charge is 0.489 e. The summed E-state index contributed by atoms with van der Waals surface area (Å²) >= 11 is 6.10. The van der Waals surface area contributed by atoms with Crippen molar-refractivity contribution in [2.75, 3.05) is 13.7 Å². The fraction of sp³-hybridized carbons (Fsp3) is 0.562. The number of alkyl halides is 1. The van der Waals surface area contributed by atoms with Crippen LogP contribution in [-0.2, 0) is 10.6 Å². The molecule has 1 unspecified atom stereocenters. The van der Waals surface area contributed by atoms with E-state index in [1.807, 2.05) is 26.0 Å². The Bertz CT molecular complexity index is 595. The van der Waals surface area contributed by atoms with Gasteiger partial charge in [-0.25, -0.2) is 4.98 Å². The lowest BCUT2D eigenvalue weighted by Crippen LogP contribution is -2.16. The summed E-state index contributed by atoms with van der Waals surface area (Å²) in [6.45, 7) is 6.80. The van der Waals surface area contributed by atoms with Crippen molar-refractivity contribution < 1.29 is 9.47 Å². The highest BCUT2D eigenvalue weighted by Gasteiger charge is 2.19. The van der Waals surface area contributed by atoms with Crippen LogP contribution in [0.15, 0.2) is 18.2 Å². The first kappa shape index (κ1) is 16.1. The predicted molar refractivity (Wildman–Crippen MR) is 86.3 cm³/mol. The number of imidazole rings is 1. The summed E-state index contributed by atoms with van der Waals surface area (Å²) in [6, 6.07) is 6.23. The van der Waals surface area contributed by atoms with Gasteiger partial charge in [-0.15, -0.1) is 11.6 Å². The molecule has 0 saturated carbocycles. The molecule has 0 N–H and O–H groups in total. The number of methoxy groups -OCH3 is 1. The third kappa shape index (κ3) is 3.33. The van der Waals surface area contributed by atoms with Crippen LogP contribution in [0.4, 0.5) is 0 Å². The first-order valence-electron chi connectivity index (χ1n) is 7.33. The van der Waals surface area contributed by atoms with Crippen LogP contribution in [0, 0.1) is 0 Å². The molecule has 2 rings (SSSR count). The maximum atomic E-state index is 6.10. The summed E-state index contributed by atoms with van der Waals surface area (Å²) in [5.74, 6) is 2.03. The fourth-order valence-electron chi connectivity index (χ4n) is 2.56. The highest BCUT2D eigenvalue weighted by atomic mass is 35.5. The molecule has 21 heavy (non-hydrogen) atoms. The van der Waals surface area contributed by atoms with Gasteiger partial charge in [0.1, 0.15) is 17.1 Å². The van der Waals surface area contributed by atoms with Crippen molar-refractivity contribution in [1.29, 1.82) is 0 Å². The molecule has 1 atom stereocenters. The van der Waals surface area contributed by atoms with Crippen LogP contribution in [0.3, 0.4) is 0 Å². The molecule has 5 heteroatoms. The number of nitrogens with zero attached hydrogens (tertiary/aromatic N) is 2. The van der Waals surface area contributed by atoms with Crippen molar-refractivity contribution in [1.82, 2.24) is 9.55 Å². The lowest BCUT2D eigenvalue weighted by molar-refractivity contribution is 0.153. The second kappa shape index (κ2) is 7.14. The van der Waals surface area contributed by atoms with E-state index in [0.717, 1.165) is 29.0 Å². The van der Waals surface area contributed by atoms with Crippen molar-refractivity contribution in [3.05, 3.63) is 24.0 Å². The van der Waals surface area contributed by atoms with Crippen LogP contribution in [-0.4, -0.2) is 29.4 Å². The molecule has 0 saturated heterocycles. The molecule has 0 spiro atoms. The molecule has 1 aromatic heterocycles. The zero-order chi connectivity index (χ0) is 15.4. The summed E-state index contributed by atoms with van der Waals surface area (Å²) < 4.78 is 13.4. The summed E-state index contributed by atoms with van der Waals surface area (Å²) in [4.78, 5) is 4.69. The second-order valence-corrected chi connectivity index (χ2v) is 5.61. The Balaban J connectivity index is 2.58. The van der Waals surface area contributed by atoms with Gasteiger partial charge in [-0.1, -0.05) is 13.0 Å². The van der Waals surface area contributed by atoms with E-state index in [-0.39, 0.29) is 12.1 Å². The number of aromatic nitrogens is 2. The number of halogens is 1. The summed E-state index contributed by atoms with van der Waals surface area (Å²) in [5, 5.41) is 0. The van der Waals surface area contributed by atoms with Gasteiger partial charge in [0, 0.05) is 7.11 Å². The minimum Gasteiger partial charge on any atom is -0.489 e. The molecule has 0 fully saturated rings. The van der Waals surface area contributed by atoms with E-state index in [9.17, 15) is 0 Å². The van der Waals surface area contributed by atoms with Gasteiger partial charge in [-0.2, -0.15) is 0 Å². The Morgan fingerprint density at radius 3 is 2.67 bits per heavy atom. The molecule has 0 radical (unpaired) electrons. The standard InChI is InChI=1S/C16H23ClN2O2/c1-5-12(10-20-4)19-13-7-6-8-14(21-11(2)3)16(13)18-15(19)9-17/h6-8,11-12H,5,9-10H2,1-4H3. The summed E-state index contributed by atoms with van der Waals surface area (Å²) in [6.07, 6.45) is 1.07. The fourth-order valence-corrected chi connectivity index (χ4v) is 2.75. The number of para-hydroxylation sites is 1. The number of hydrogen-bond acceptors (Lipinski definition) is 3. The van der Waals surface area contributed by atoms with Gasteiger partial charge >= 0.3 is 0 Å². The average Bonchev–Trinajstić information content (AvgIpc) is 2.84. The normalized spacial score (nSPS) is 13.0. The van der Waals surface area contributed by atoms with Crippen LogP contribution in [0.5, 0.6) is 5.75 Å². The minimum atomic E-state index is 0.112. The molecule has 0 aliphatic rings. The van der Waals surface area contributed by atoms with Crippen molar-refractivity contribution >= 4 is 22.6 Å². The monoisotopic (exact) mass is 310 g/mol. The maximum absolute atomic E-state index is 6.10. The van der Waals surface area contributed by atoms with Gasteiger partial charge in [0.25, 0.3) is 0 Å². The Morgan fingerprint density at radius 1 is 1.33 bits per heavy atom. The van der Waals surface area contributed by atoms with Crippen molar-refractivity contribution in [3.63, 3.8) is 0 Å². The van der Waals surface area contributed by atoms with Crippen molar-refractivity contribution in [2.24, 2.45) is 0 Å². The summed E-state index contributed by atoms with van der Waals surface area (Å²) in [7, 11) is 1.72. The zero-order valence-corrected chi connectivity index (χ0v) is 13.9. The van der Waals surface area contributed by atoms with Crippen LogP contribution < -0.4 is 4.74 Å². The Morgan fingerprint density at radius 2 is 2.10 bits per heavy atom. The molecular weight excluding hydrogens is 288 g/mol. The topological polar surface area (TPSA) is 36.3 Å². The molecule has 2 aromatic rings. The Labute approximate surface area is 131 Å². The van der Waals surface area contributed by atoms with E-state index in [0.29, 0.717) is 12.5 Å². The summed E-state index contributed by atoms with van der Waals surface area (Å²) in [5.41, 5.74) is 1.92. The van der Waals surface area contributed by atoms with Crippen LogP contribution in [0.2, 0.25) is 0 Å². The molecule has 0 bridgehead atoms. The lowest BCUT2D eigenvalue weighted by atomic mass is 10.2. The molecule has 4 nitrogen and oxygen atoms in total. The molecule has 1 heterocycles. The lowest BCUT2D eigenvalue weighted by Gasteiger charge is -2.19. The number of rotatable bonds is 7. The Hall–Kier alpha value is -1.26.